The fourth-order valence-electron chi connectivity index (χ4n) is 2.48. The quantitative estimate of drug-likeness (QED) is 0.619. The number of nitrogens with one attached hydrogen (secondary N) is 1. The number of aliphatic hydroxyl groups excluding tert-OH is 1. The molecule has 25 heavy (non-hydrogen) atoms. The first-order valence-corrected chi connectivity index (χ1v) is 7.95. The summed E-state index contributed by atoms with van der Waals surface area (Å²) in [6, 6.07) is 4.86. The molecule has 0 saturated heterocycles. The molecular formula is C16H16ClN3O5. The van der Waals surface area contributed by atoms with Gasteiger partial charge < -0.3 is 19.9 Å². The molecule has 1 atom stereocenters. The van der Waals surface area contributed by atoms with Gasteiger partial charge in [-0.3, -0.25) is 10.1 Å². The molecule has 1 aromatic carbocycles. The van der Waals surface area contributed by atoms with Crippen LogP contribution in [-0.4, -0.2) is 34.8 Å². The number of aryl methyl sites for hydroxylation is 1. The highest BCUT2D eigenvalue weighted by atomic mass is 35.5. The Labute approximate surface area is 148 Å². The molecule has 3 rings (SSSR count). The first-order valence-electron chi connectivity index (χ1n) is 7.57. The van der Waals surface area contributed by atoms with Crippen molar-refractivity contribution in [2.24, 2.45) is 0 Å². The number of hydrogen-bond donors (Lipinski definition) is 2. The van der Waals surface area contributed by atoms with Gasteiger partial charge in [-0.1, -0.05) is 11.6 Å². The van der Waals surface area contributed by atoms with E-state index in [0.29, 0.717) is 46.7 Å². The summed E-state index contributed by atoms with van der Waals surface area (Å²) in [7, 11) is 0. The van der Waals surface area contributed by atoms with E-state index in [1.807, 2.05) is 0 Å². The van der Waals surface area contributed by atoms with Gasteiger partial charge in [0, 0.05) is 12.1 Å². The molecule has 0 bridgehead atoms. The number of hydrogen-bond acceptors (Lipinski definition) is 7. The molecule has 2 heterocycles. The van der Waals surface area contributed by atoms with Crippen molar-refractivity contribution in [2.75, 3.05) is 25.1 Å². The van der Waals surface area contributed by atoms with Gasteiger partial charge in [-0.2, -0.15) is 0 Å². The van der Waals surface area contributed by atoms with Gasteiger partial charge in [0.1, 0.15) is 25.2 Å². The number of anilines is 1. The summed E-state index contributed by atoms with van der Waals surface area (Å²) < 4.78 is 10.9. The summed E-state index contributed by atoms with van der Waals surface area (Å²) in [4.78, 5) is 14.3. The maximum absolute atomic E-state index is 10.8. The van der Waals surface area contributed by atoms with Crippen molar-refractivity contribution >= 4 is 23.1 Å². The Bertz CT molecular complexity index is 815. The number of pyridine rings is 1. The Morgan fingerprint density at radius 3 is 2.88 bits per heavy atom. The third-order valence-electron chi connectivity index (χ3n) is 3.76. The number of nitro groups is 1. The minimum Gasteiger partial charge on any atom is -0.486 e. The second kappa shape index (κ2) is 7.12. The van der Waals surface area contributed by atoms with E-state index < -0.39 is 11.0 Å². The number of fused-ring (bicyclic) bond motifs is 1. The summed E-state index contributed by atoms with van der Waals surface area (Å²) in [6.45, 7) is 2.64. The van der Waals surface area contributed by atoms with Gasteiger partial charge in [0.25, 0.3) is 5.69 Å². The monoisotopic (exact) mass is 365 g/mol. The molecule has 9 heteroatoms. The van der Waals surface area contributed by atoms with Crippen LogP contribution in [0, 0.1) is 17.0 Å². The largest absolute Gasteiger partial charge is 0.486 e. The predicted molar refractivity (Wildman–Crippen MR) is 91.5 cm³/mol. The van der Waals surface area contributed by atoms with Crippen LogP contribution in [0.5, 0.6) is 11.5 Å². The Morgan fingerprint density at radius 2 is 2.16 bits per heavy atom. The van der Waals surface area contributed by atoms with Gasteiger partial charge in [0.05, 0.1) is 16.0 Å². The predicted octanol–water partition coefficient (Wildman–Crippen LogP) is 2.87. The van der Waals surface area contributed by atoms with Crippen LogP contribution in [0.15, 0.2) is 24.4 Å². The average molecular weight is 366 g/mol. The standard InChI is InChI=1S/C16H16ClN3O5/c1-9-4-15(18-7-12(9)20(22)23)19-8-13(21)10-5-11(17)16-14(6-10)24-2-3-25-16/h4-7,13,21H,2-3,8H2,1H3,(H,18,19). The van der Waals surface area contributed by atoms with E-state index in [0.717, 1.165) is 0 Å². The highest BCUT2D eigenvalue weighted by molar-refractivity contribution is 6.32. The second-order valence-electron chi connectivity index (χ2n) is 5.54. The lowest BCUT2D eigenvalue weighted by Gasteiger charge is -2.21. The van der Waals surface area contributed by atoms with Crippen LogP contribution in [0.4, 0.5) is 11.5 Å². The zero-order chi connectivity index (χ0) is 18.0. The molecule has 0 radical (unpaired) electrons. The lowest BCUT2D eigenvalue weighted by atomic mass is 10.1. The molecule has 1 aromatic heterocycles. The molecule has 0 amide bonds. The number of aromatic nitrogens is 1. The van der Waals surface area contributed by atoms with Crippen molar-refractivity contribution in [1.29, 1.82) is 0 Å². The Morgan fingerprint density at radius 1 is 1.40 bits per heavy atom. The summed E-state index contributed by atoms with van der Waals surface area (Å²) in [5.41, 5.74) is 1.00. The van der Waals surface area contributed by atoms with E-state index >= 15 is 0 Å². The second-order valence-corrected chi connectivity index (χ2v) is 5.94. The lowest BCUT2D eigenvalue weighted by Crippen LogP contribution is -2.17. The van der Waals surface area contributed by atoms with Gasteiger partial charge in [0.15, 0.2) is 11.5 Å². The number of halogens is 1. The van der Waals surface area contributed by atoms with Crippen molar-refractivity contribution in [3.05, 3.63) is 50.7 Å². The van der Waals surface area contributed by atoms with E-state index in [-0.39, 0.29) is 12.2 Å². The lowest BCUT2D eigenvalue weighted by molar-refractivity contribution is -0.385. The summed E-state index contributed by atoms with van der Waals surface area (Å²) in [5.74, 6) is 1.41. The molecule has 1 aliphatic heterocycles. The molecule has 0 saturated carbocycles. The zero-order valence-electron chi connectivity index (χ0n) is 13.4. The molecular weight excluding hydrogens is 350 g/mol. The van der Waals surface area contributed by atoms with Gasteiger partial charge in [-0.25, -0.2) is 4.98 Å². The van der Waals surface area contributed by atoms with Crippen LogP contribution >= 0.6 is 11.6 Å². The first kappa shape index (κ1) is 17.2. The van der Waals surface area contributed by atoms with Crippen LogP contribution in [0.25, 0.3) is 0 Å². The maximum Gasteiger partial charge on any atom is 0.290 e. The molecule has 132 valence electrons. The van der Waals surface area contributed by atoms with Crippen molar-refractivity contribution in [3.8, 4) is 11.5 Å². The molecule has 0 aliphatic carbocycles. The van der Waals surface area contributed by atoms with Crippen LogP contribution in [0.2, 0.25) is 5.02 Å². The van der Waals surface area contributed by atoms with E-state index in [1.54, 1.807) is 25.1 Å². The molecule has 8 nitrogen and oxygen atoms in total. The van der Waals surface area contributed by atoms with E-state index in [2.05, 4.69) is 10.3 Å². The number of aliphatic hydroxyl groups is 1. The molecule has 0 fully saturated rings. The third-order valence-corrected chi connectivity index (χ3v) is 4.04. The first-order chi connectivity index (χ1) is 12.0. The van der Waals surface area contributed by atoms with Crippen molar-refractivity contribution < 1.29 is 19.5 Å². The number of rotatable bonds is 5. The SMILES string of the molecule is Cc1cc(NCC(O)c2cc(Cl)c3c(c2)OCCO3)ncc1[N+](=O)[O-]. The number of nitrogens with zero attached hydrogens (tertiary/aromatic N) is 2. The van der Waals surface area contributed by atoms with Crippen LogP contribution < -0.4 is 14.8 Å². The Balaban J connectivity index is 1.70. The van der Waals surface area contributed by atoms with Crippen LogP contribution in [-0.2, 0) is 0 Å². The normalized spacial score (nSPS) is 14.0. The summed E-state index contributed by atoms with van der Waals surface area (Å²) in [5, 5.41) is 24.5. The Kier molecular flexibility index (Phi) is 4.91. The molecule has 2 N–H and O–H groups in total. The number of benzene rings is 1. The van der Waals surface area contributed by atoms with Crippen molar-refractivity contribution in [1.82, 2.24) is 4.98 Å². The van der Waals surface area contributed by atoms with E-state index in [1.165, 1.54) is 6.20 Å². The highest BCUT2D eigenvalue weighted by Gasteiger charge is 2.20. The average Bonchev–Trinajstić information content (AvgIpc) is 2.59. The molecule has 2 aromatic rings. The highest BCUT2D eigenvalue weighted by Crippen LogP contribution is 2.39. The van der Waals surface area contributed by atoms with Crippen LogP contribution in [0.3, 0.4) is 0 Å². The minimum atomic E-state index is -0.870. The zero-order valence-corrected chi connectivity index (χ0v) is 14.1. The smallest absolute Gasteiger partial charge is 0.290 e. The third kappa shape index (κ3) is 3.75. The minimum absolute atomic E-state index is 0.0512. The summed E-state index contributed by atoms with van der Waals surface area (Å²) in [6.07, 6.45) is 0.316. The molecule has 1 unspecified atom stereocenters. The maximum atomic E-state index is 10.8. The van der Waals surface area contributed by atoms with Crippen molar-refractivity contribution in [3.63, 3.8) is 0 Å². The topological polar surface area (TPSA) is 107 Å². The van der Waals surface area contributed by atoms with Gasteiger partial charge in [0.2, 0.25) is 0 Å². The fourth-order valence-corrected chi connectivity index (χ4v) is 2.75. The van der Waals surface area contributed by atoms with Crippen LogP contribution in [0.1, 0.15) is 17.2 Å². The summed E-state index contributed by atoms with van der Waals surface area (Å²) >= 11 is 6.16. The Hall–Kier alpha value is -2.58. The van der Waals surface area contributed by atoms with E-state index in [4.69, 9.17) is 21.1 Å². The fraction of sp³-hybridized carbons (Fsp3) is 0.312. The van der Waals surface area contributed by atoms with Gasteiger partial charge in [-0.05, 0) is 30.7 Å². The number of ether oxygens (including phenoxy) is 2. The van der Waals surface area contributed by atoms with Crippen molar-refractivity contribution in [2.45, 2.75) is 13.0 Å². The van der Waals surface area contributed by atoms with Gasteiger partial charge in [-0.15, -0.1) is 0 Å². The van der Waals surface area contributed by atoms with Gasteiger partial charge >= 0.3 is 0 Å². The molecule has 0 spiro atoms. The van der Waals surface area contributed by atoms with E-state index in [9.17, 15) is 15.2 Å². The molecule has 1 aliphatic rings.